The Hall–Kier alpha value is -4.12. The molecule has 0 atom stereocenters. The van der Waals surface area contributed by atoms with Crippen LogP contribution in [0.25, 0.3) is 10.8 Å². The number of carboxylic acids is 1. The molecule has 0 aromatic heterocycles. The van der Waals surface area contributed by atoms with Crippen LogP contribution in [0.2, 0.25) is 0 Å². The van der Waals surface area contributed by atoms with Crippen molar-refractivity contribution in [2.24, 2.45) is 5.10 Å². The standard InChI is InChI=1S/C25H20N2O3/c28-25(29)20-10-13-21(14-11-20)27-26-16-23-22-9-5-4-8-19(22)12-15-24(23)30-17-18-6-2-1-3-7-18/h1-16,27H,17H2,(H,28,29). The van der Waals surface area contributed by atoms with E-state index in [1.54, 1.807) is 18.3 Å². The van der Waals surface area contributed by atoms with Gasteiger partial charge in [0, 0.05) is 5.56 Å². The van der Waals surface area contributed by atoms with Crippen LogP contribution in [0.1, 0.15) is 21.5 Å². The number of aromatic carboxylic acids is 1. The molecule has 0 unspecified atom stereocenters. The van der Waals surface area contributed by atoms with E-state index in [0.29, 0.717) is 12.3 Å². The molecule has 0 radical (unpaired) electrons. The van der Waals surface area contributed by atoms with Gasteiger partial charge in [0.1, 0.15) is 12.4 Å². The summed E-state index contributed by atoms with van der Waals surface area (Å²) in [6.07, 6.45) is 1.73. The Morgan fingerprint density at radius 3 is 2.40 bits per heavy atom. The third-order valence-electron chi connectivity index (χ3n) is 4.69. The van der Waals surface area contributed by atoms with Crippen molar-refractivity contribution in [2.75, 3.05) is 5.43 Å². The summed E-state index contributed by atoms with van der Waals surface area (Å²) in [5.74, 6) is -0.217. The van der Waals surface area contributed by atoms with E-state index in [1.165, 1.54) is 12.1 Å². The van der Waals surface area contributed by atoms with Gasteiger partial charge in [0.25, 0.3) is 0 Å². The smallest absolute Gasteiger partial charge is 0.335 e. The molecule has 0 spiro atoms. The van der Waals surface area contributed by atoms with E-state index in [2.05, 4.69) is 10.5 Å². The second kappa shape index (κ2) is 8.92. The average Bonchev–Trinajstić information content (AvgIpc) is 2.79. The molecule has 0 aliphatic rings. The summed E-state index contributed by atoms with van der Waals surface area (Å²) < 4.78 is 6.09. The van der Waals surface area contributed by atoms with Crippen LogP contribution in [-0.4, -0.2) is 17.3 Å². The number of fused-ring (bicyclic) bond motifs is 1. The van der Waals surface area contributed by atoms with Gasteiger partial charge in [-0.2, -0.15) is 5.10 Å². The van der Waals surface area contributed by atoms with Crippen molar-refractivity contribution in [1.82, 2.24) is 0 Å². The van der Waals surface area contributed by atoms with Crippen molar-refractivity contribution in [1.29, 1.82) is 0 Å². The Bertz CT molecular complexity index is 1190. The topological polar surface area (TPSA) is 70.9 Å². The molecule has 30 heavy (non-hydrogen) atoms. The summed E-state index contributed by atoms with van der Waals surface area (Å²) in [5, 5.41) is 15.5. The van der Waals surface area contributed by atoms with Gasteiger partial charge in [-0.15, -0.1) is 0 Å². The second-order valence-electron chi connectivity index (χ2n) is 6.73. The summed E-state index contributed by atoms with van der Waals surface area (Å²) in [5.41, 5.74) is 5.84. The number of hydrogen-bond donors (Lipinski definition) is 2. The molecule has 4 aromatic rings. The minimum absolute atomic E-state index is 0.232. The average molecular weight is 396 g/mol. The zero-order valence-corrected chi connectivity index (χ0v) is 16.2. The van der Waals surface area contributed by atoms with Crippen LogP contribution >= 0.6 is 0 Å². The SMILES string of the molecule is O=C(O)c1ccc(NN=Cc2c(OCc3ccccc3)ccc3ccccc23)cc1. The maximum atomic E-state index is 11.0. The molecule has 4 rings (SSSR count). The number of carbonyl (C=O) groups is 1. The van der Waals surface area contributed by atoms with E-state index in [0.717, 1.165) is 27.6 Å². The lowest BCUT2D eigenvalue weighted by atomic mass is 10.0. The molecular formula is C25H20N2O3. The zero-order valence-electron chi connectivity index (χ0n) is 16.2. The summed E-state index contributed by atoms with van der Waals surface area (Å²) in [7, 11) is 0. The Labute approximate surface area is 174 Å². The first kappa shape index (κ1) is 19.2. The monoisotopic (exact) mass is 396 g/mol. The maximum absolute atomic E-state index is 11.0. The maximum Gasteiger partial charge on any atom is 0.335 e. The fraction of sp³-hybridized carbons (Fsp3) is 0.0400. The number of anilines is 1. The molecule has 0 saturated heterocycles. The van der Waals surface area contributed by atoms with Crippen molar-refractivity contribution in [2.45, 2.75) is 6.61 Å². The minimum Gasteiger partial charge on any atom is -0.488 e. The van der Waals surface area contributed by atoms with Crippen molar-refractivity contribution < 1.29 is 14.6 Å². The highest BCUT2D eigenvalue weighted by molar-refractivity contribution is 6.02. The molecule has 4 aromatic carbocycles. The third-order valence-corrected chi connectivity index (χ3v) is 4.69. The lowest BCUT2D eigenvalue weighted by Gasteiger charge is -2.12. The molecule has 0 aliphatic carbocycles. The highest BCUT2D eigenvalue weighted by Gasteiger charge is 2.08. The number of carboxylic acid groups (broad SMARTS) is 1. The number of hydrazone groups is 1. The van der Waals surface area contributed by atoms with Crippen molar-refractivity contribution >= 4 is 28.6 Å². The lowest BCUT2D eigenvalue weighted by Crippen LogP contribution is -2.00. The molecule has 0 heterocycles. The second-order valence-corrected chi connectivity index (χ2v) is 6.73. The predicted molar refractivity (Wildman–Crippen MR) is 119 cm³/mol. The Kier molecular flexibility index (Phi) is 5.71. The summed E-state index contributed by atoms with van der Waals surface area (Å²) >= 11 is 0. The first-order valence-corrected chi connectivity index (χ1v) is 9.51. The van der Waals surface area contributed by atoms with Crippen LogP contribution in [-0.2, 0) is 6.61 Å². The van der Waals surface area contributed by atoms with Gasteiger partial charge in [-0.25, -0.2) is 4.79 Å². The Balaban J connectivity index is 1.58. The van der Waals surface area contributed by atoms with Gasteiger partial charge >= 0.3 is 5.97 Å². The molecule has 0 amide bonds. The summed E-state index contributed by atoms with van der Waals surface area (Å²) in [6, 6.07) is 28.5. The highest BCUT2D eigenvalue weighted by atomic mass is 16.5. The van der Waals surface area contributed by atoms with Gasteiger partial charge in [0.2, 0.25) is 0 Å². The van der Waals surface area contributed by atoms with Gasteiger partial charge < -0.3 is 9.84 Å². The molecule has 148 valence electrons. The predicted octanol–water partition coefficient (Wildman–Crippen LogP) is 5.56. The minimum atomic E-state index is -0.957. The van der Waals surface area contributed by atoms with Crippen LogP contribution in [0.15, 0.2) is 96.1 Å². The van der Waals surface area contributed by atoms with Crippen LogP contribution in [0, 0.1) is 0 Å². The van der Waals surface area contributed by atoms with E-state index in [4.69, 9.17) is 9.84 Å². The largest absolute Gasteiger partial charge is 0.488 e. The molecule has 5 heteroatoms. The fourth-order valence-electron chi connectivity index (χ4n) is 3.13. The fourth-order valence-corrected chi connectivity index (χ4v) is 3.13. The van der Waals surface area contributed by atoms with E-state index < -0.39 is 5.97 Å². The summed E-state index contributed by atoms with van der Waals surface area (Å²) in [6.45, 7) is 0.462. The number of benzene rings is 4. The zero-order chi connectivity index (χ0) is 20.8. The van der Waals surface area contributed by atoms with Gasteiger partial charge in [0.15, 0.2) is 0 Å². The normalized spacial score (nSPS) is 10.9. The number of nitrogens with zero attached hydrogens (tertiary/aromatic N) is 1. The van der Waals surface area contributed by atoms with E-state index in [9.17, 15) is 4.79 Å². The Morgan fingerprint density at radius 2 is 1.63 bits per heavy atom. The van der Waals surface area contributed by atoms with Gasteiger partial charge in [-0.3, -0.25) is 5.43 Å². The summed E-state index contributed by atoms with van der Waals surface area (Å²) in [4.78, 5) is 11.0. The van der Waals surface area contributed by atoms with Crippen molar-refractivity contribution in [3.63, 3.8) is 0 Å². The number of nitrogens with one attached hydrogen (secondary N) is 1. The first-order valence-electron chi connectivity index (χ1n) is 9.51. The van der Waals surface area contributed by atoms with Gasteiger partial charge in [0.05, 0.1) is 17.5 Å². The van der Waals surface area contributed by atoms with Gasteiger partial charge in [-0.1, -0.05) is 60.7 Å². The van der Waals surface area contributed by atoms with Crippen molar-refractivity contribution in [3.05, 3.63) is 108 Å². The van der Waals surface area contributed by atoms with E-state index in [1.807, 2.05) is 66.7 Å². The number of hydrogen-bond acceptors (Lipinski definition) is 4. The number of rotatable bonds is 7. The Morgan fingerprint density at radius 1 is 0.900 bits per heavy atom. The molecule has 0 aliphatic heterocycles. The molecule has 0 bridgehead atoms. The van der Waals surface area contributed by atoms with Gasteiger partial charge in [-0.05, 0) is 46.7 Å². The van der Waals surface area contributed by atoms with Crippen molar-refractivity contribution in [3.8, 4) is 5.75 Å². The van der Waals surface area contributed by atoms with E-state index in [-0.39, 0.29) is 5.56 Å². The molecule has 2 N–H and O–H groups in total. The molecule has 0 fully saturated rings. The van der Waals surface area contributed by atoms with Crippen LogP contribution < -0.4 is 10.2 Å². The highest BCUT2D eigenvalue weighted by Crippen LogP contribution is 2.27. The quantitative estimate of drug-likeness (QED) is 0.317. The van der Waals surface area contributed by atoms with E-state index >= 15 is 0 Å². The molecule has 5 nitrogen and oxygen atoms in total. The van der Waals surface area contributed by atoms with Crippen LogP contribution in [0.5, 0.6) is 5.75 Å². The lowest BCUT2D eigenvalue weighted by molar-refractivity contribution is 0.0697. The molecule has 0 saturated carbocycles. The van der Waals surface area contributed by atoms with Crippen LogP contribution in [0.4, 0.5) is 5.69 Å². The number of ether oxygens (including phenoxy) is 1. The molecular weight excluding hydrogens is 376 g/mol. The first-order chi connectivity index (χ1) is 14.7. The van der Waals surface area contributed by atoms with Crippen LogP contribution in [0.3, 0.4) is 0 Å². The third kappa shape index (κ3) is 4.47.